The van der Waals surface area contributed by atoms with Crippen LogP contribution in [0, 0.1) is 5.92 Å². The molecule has 4 nitrogen and oxygen atoms in total. The smallest absolute Gasteiger partial charge is 0.0995 e. The van der Waals surface area contributed by atoms with E-state index < -0.39 is 0 Å². The fourth-order valence-electron chi connectivity index (χ4n) is 5.54. The number of hydrogen-bond acceptors (Lipinski definition) is 4. The standard InChI is InChI=1S/C35H48N4S/c1-6-12-28(15-14-26(5)7-2)35-31(9-4)32-23-29(16-17-33(32)38-35)27-18-21-39(22-19-27)24-30(8-3)40-25-37-34-13-10-11-20-36-34/h6,8,10-17,23,26-27,36-38H,1,7,9,18-22,24-25H2,2-5H3/b15-14-,28-12+,30-8-. The van der Waals surface area contributed by atoms with Crippen molar-refractivity contribution >= 4 is 28.2 Å². The van der Waals surface area contributed by atoms with E-state index >= 15 is 0 Å². The molecule has 1 aromatic carbocycles. The van der Waals surface area contributed by atoms with E-state index in [-0.39, 0.29) is 0 Å². The highest BCUT2D eigenvalue weighted by molar-refractivity contribution is 8.03. The van der Waals surface area contributed by atoms with Crippen molar-refractivity contribution in [2.45, 2.75) is 59.3 Å². The Morgan fingerprint density at radius 3 is 2.75 bits per heavy atom. The highest BCUT2D eigenvalue weighted by Crippen LogP contribution is 2.35. The van der Waals surface area contributed by atoms with Crippen molar-refractivity contribution in [3.63, 3.8) is 0 Å². The first-order valence-corrected chi connectivity index (χ1v) is 16.0. The summed E-state index contributed by atoms with van der Waals surface area (Å²) in [5.74, 6) is 3.18. The van der Waals surface area contributed by atoms with Crippen molar-refractivity contribution < 1.29 is 0 Å². The minimum atomic E-state index is 0.563. The molecule has 1 aromatic heterocycles. The summed E-state index contributed by atoms with van der Waals surface area (Å²) in [5, 5.41) is 8.23. The predicted octanol–water partition coefficient (Wildman–Crippen LogP) is 8.27. The Morgan fingerprint density at radius 1 is 1.25 bits per heavy atom. The summed E-state index contributed by atoms with van der Waals surface area (Å²) in [5.41, 5.74) is 6.59. The van der Waals surface area contributed by atoms with Crippen LogP contribution in [-0.2, 0) is 6.42 Å². The van der Waals surface area contributed by atoms with E-state index in [1.165, 1.54) is 51.0 Å². The number of aryl methyl sites for hydroxylation is 1. The summed E-state index contributed by atoms with van der Waals surface area (Å²) in [7, 11) is 0. The third kappa shape index (κ3) is 7.86. The van der Waals surface area contributed by atoms with Crippen LogP contribution >= 0.6 is 11.8 Å². The molecular formula is C35H48N4S. The number of thioether (sulfide) groups is 1. The summed E-state index contributed by atoms with van der Waals surface area (Å²) >= 11 is 1.91. The monoisotopic (exact) mass is 556 g/mol. The van der Waals surface area contributed by atoms with Gasteiger partial charge in [-0.2, -0.15) is 0 Å². The average Bonchev–Trinajstić information content (AvgIpc) is 3.37. The van der Waals surface area contributed by atoms with Gasteiger partial charge in [0.25, 0.3) is 0 Å². The van der Waals surface area contributed by atoms with Gasteiger partial charge in [-0.05, 0) is 90.9 Å². The Morgan fingerprint density at radius 2 is 2.08 bits per heavy atom. The highest BCUT2D eigenvalue weighted by Gasteiger charge is 2.22. The summed E-state index contributed by atoms with van der Waals surface area (Å²) in [6, 6.07) is 7.13. The highest BCUT2D eigenvalue weighted by atomic mass is 32.2. The molecule has 5 heteroatoms. The van der Waals surface area contributed by atoms with Gasteiger partial charge in [-0.1, -0.05) is 82.4 Å². The Balaban J connectivity index is 1.39. The molecule has 1 atom stereocenters. The molecule has 0 saturated carbocycles. The van der Waals surface area contributed by atoms with Crippen molar-refractivity contribution in [3.05, 3.63) is 101 Å². The Hall–Kier alpha value is -2.89. The molecule has 1 unspecified atom stereocenters. The first-order chi connectivity index (χ1) is 19.6. The maximum Gasteiger partial charge on any atom is 0.0995 e. The lowest BCUT2D eigenvalue weighted by molar-refractivity contribution is 0.231. The van der Waals surface area contributed by atoms with Gasteiger partial charge in [0.05, 0.1) is 11.7 Å². The average molecular weight is 557 g/mol. The first-order valence-electron chi connectivity index (χ1n) is 15.1. The molecule has 3 N–H and O–H groups in total. The van der Waals surface area contributed by atoms with Gasteiger partial charge < -0.3 is 15.6 Å². The lowest BCUT2D eigenvalue weighted by Crippen LogP contribution is -2.34. The van der Waals surface area contributed by atoms with Gasteiger partial charge in [0.15, 0.2) is 0 Å². The van der Waals surface area contributed by atoms with Crippen LogP contribution < -0.4 is 10.6 Å². The first kappa shape index (κ1) is 30.1. The third-order valence-electron chi connectivity index (χ3n) is 8.21. The lowest BCUT2D eigenvalue weighted by atomic mass is 9.88. The Kier molecular flexibility index (Phi) is 11.4. The fraction of sp³-hybridized carbons (Fsp3) is 0.429. The number of H-pyrrole nitrogens is 1. The molecule has 3 heterocycles. The van der Waals surface area contributed by atoms with Crippen LogP contribution in [0.15, 0.2) is 84.1 Å². The molecule has 1 saturated heterocycles. The third-order valence-corrected chi connectivity index (χ3v) is 9.23. The number of fused-ring (bicyclic) bond motifs is 1. The molecule has 2 aromatic rings. The van der Waals surface area contributed by atoms with Crippen molar-refractivity contribution in [1.29, 1.82) is 0 Å². The summed E-state index contributed by atoms with van der Waals surface area (Å²) in [6.45, 7) is 17.2. The quantitative estimate of drug-likeness (QED) is 0.172. The Labute approximate surface area is 246 Å². The van der Waals surface area contributed by atoms with Crippen molar-refractivity contribution in [2.75, 3.05) is 32.1 Å². The second kappa shape index (κ2) is 15.2. The van der Waals surface area contributed by atoms with Crippen molar-refractivity contribution in [3.8, 4) is 0 Å². The predicted molar refractivity (Wildman–Crippen MR) is 177 cm³/mol. The molecule has 0 amide bonds. The minimum Gasteiger partial charge on any atom is -0.368 e. The number of likely N-dealkylation sites (tertiary alicyclic amines) is 1. The zero-order valence-electron chi connectivity index (χ0n) is 24.9. The van der Waals surface area contributed by atoms with Gasteiger partial charge in [0.2, 0.25) is 0 Å². The Bertz CT molecular complexity index is 1280. The zero-order valence-corrected chi connectivity index (χ0v) is 25.7. The van der Waals surface area contributed by atoms with E-state index in [1.54, 1.807) is 0 Å². The van der Waals surface area contributed by atoms with Crippen molar-refractivity contribution in [1.82, 2.24) is 20.5 Å². The van der Waals surface area contributed by atoms with E-state index in [2.05, 4.69) is 116 Å². The normalized spacial score (nSPS) is 18.2. The maximum absolute atomic E-state index is 3.98. The molecule has 2 aliphatic heterocycles. The summed E-state index contributed by atoms with van der Waals surface area (Å²) < 4.78 is 0. The molecular weight excluding hydrogens is 508 g/mol. The fourth-order valence-corrected chi connectivity index (χ4v) is 6.39. The number of benzene rings is 1. The van der Waals surface area contributed by atoms with Gasteiger partial charge >= 0.3 is 0 Å². The van der Waals surface area contributed by atoms with Gasteiger partial charge in [-0.3, -0.25) is 4.90 Å². The van der Waals surface area contributed by atoms with Crippen LogP contribution in [0.2, 0.25) is 0 Å². The maximum atomic E-state index is 3.98. The van der Waals surface area contributed by atoms with Gasteiger partial charge in [0.1, 0.15) is 0 Å². The summed E-state index contributed by atoms with van der Waals surface area (Å²) in [6.07, 6.45) is 21.8. The van der Waals surface area contributed by atoms with E-state index in [9.17, 15) is 0 Å². The number of aromatic amines is 1. The number of piperidine rings is 1. The molecule has 4 rings (SSSR count). The largest absolute Gasteiger partial charge is 0.368 e. The van der Waals surface area contributed by atoms with Crippen molar-refractivity contribution in [2.24, 2.45) is 5.92 Å². The molecule has 0 radical (unpaired) electrons. The van der Waals surface area contributed by atoms with E-state index in [1.807, 2.05) is 17.8 Å². The van der Waals surface area contributed by atoms with Gasteiger partial charge in [-0.15, -0.1) is 11.8 Å². The van der Waals surface area contributed by atoms with Crippen LogP contribution in [0.1, 0.15) is 69.7 Å². The van der Waals surface area contributed by atoms with Gasteiger partial charge in [0, 0.05) is 29.7 Å². The second-order valence-corrected chi connectivity index (χ2v) is 12.0. The summed E-state index contributed by atoms with van der Waals surface area (Å²) in [4.78, 5) is 7.81. The number of aromatic nitrogens is 1. The van der Waals surface area contributed by atoms with E-state index in [0.29, 0.717) is 11.8 Å². The molecule has 0 spiro atoms. The second-order valence-electron chi connectivity index (χ2n) is 10.9. The zero-order chi connectivity index (χ0) is 28.3. The number of allylic oxidation sites excluding steroid dienone is 8. The molecule has 1 fully saturated rings. The van der Waals surface area contributed by atoms with E-state index in [0.717, 1.165) is 50.7 Å². The SMILES string of the molecule is C=C/C=C(\C=C/C(C)CC)c1[nH]c2ccc(C3CCN(C/C(=C/C)SCNC4=CC=CCN4)CC3)cc2c1CC. The number of nitrogens with zero attached hydrogens (tertiary/aromatic N) is 1. The number of rotatable bonds is 13. The van der Waals surface area contributed by atoms with Crippen LogP contribution in [0.3, 0.4) is 0 Å². The lowest BCUT2D eigenvalue weighted by Gasteiger charge is -2.32. The van der Waals surface area contributed by atoms with Crippen LogP contribution in [0.5, 0.6) is 0 Å². The molecule has 40 heavy (non-hydrogen) atoms. The topological polar surface area (TPSA) is 43.1 Å². The number of nitrogens with one attached hydrogen (secondary N) is 3. The van der Waals surface area contributed by atoms with Crippen LogP contribution in [-0.4, -0.2) is 41.9 Å². The number of hydrogen-bond donors (Lipinski definition) is 3. The van der Waals surface area contributed by atoms with Crippen LogP contribution in [0.25, 0.3) is 16.5 Å². The molecule has 2 aliphatic rings. The van der Waals surface area contributed by atoms with E-state index in [4.69, 9.17) is 0 Å². The minimum absolute atomic E-state index is 0.563. The van der Waals surface area contributed by atoms with Crippen LogP contribution in [0.4, 0.5) is 0 Å². The number of dihydropyridines is 1. The molecule has 0 aliphatic carbocycles. The van der Waals surface area contributed by atoms with Gasteiger partial charge in [-0.25, -0.2) is 0 Å². The molecule has 0 bridgehead atoms. The molecule has 214 valence electrons.